The Morgan fingerprint density at radius 2 is 2.09 bits per heavy atom. The minimum absolute atomic E-state index is 0. The molecule has 11 heavy (non-hydrogen) atoms. The molecule has 0 spiro atoms. The van der Waals surface area contributed by atoms with Crippen molar-refractivity contribution in [1.29, 1.82) is 0 Å². The lowest BCUT2D eigenvalue weighted by atomic mass is 10.6. The Morgan fingerprint density at radius 3 is 2.27 bits per heavy atom. The third-order valence-electron chi connectivity index (χ3n) is 1.55. The lowest BCUT2D eigenvalue weighted by Crippen LogP contribution is -2.21. The molecule has 0 radical (unpaired) electrons. The maximum absolute atomic E-state index is 3.92. The van der Waals surface area contributed by atoms with Gasteiger partial charge in [-0.3, -0.25) is 9.48 Å². The van der Waals surface area contributed by atoms with Crippen LogP contribution >= 0.6 is 9.03 Å². The number of hydrogen-bond donors (Lipinski definition) is 0. The van der Waals surface area contributed by atoms with E-state index < -0.39 is 0 Å². The van der Waals surface area contributed by atoms with Gasteiger partial charge in [-0.05, 0) is 0 Å². The molecule has 0 N–H and O–H groups in total. The molecule has 4 heteroatoms. The van der Waals surface area contributed by atoms with Crippen LogP contribution in [0.2, 0.25) is 0 Å². The minimum Gasteiger partial charge on any atom is -0.261 e. The van der Waals surface area contributed by atoms with E-state index in [9.17, 15) is 0 Å². The van der Waals surface area contributed by atoms with Crippen LogP contribution in [0.15, 0.2) is 4.74 Å². The van der Waals surface area contributed by atoms with Gasteiger partial charge >= 0.3 is 5.96 Å². The summed E-state index contributed by atoms with van der Waals surface area (Å²) in [7, 11) is 7.17. The molecule has 1 rings (SSSR count). The topological polar surface area (TPSA) is 18.6 Å². The molecule has 0 aromatic rings. The normalized spacial score (nSPS) is 15.6. The SMILES string of the molecule is C.C.CN1CC[N+](C)=C1N=P. The van der Waals surface area contributed by atoms with Crippen molar-refractivity contribution in [2.75, 3.05) is 27.2 Å². The average molecular weight is 176 g/mol. The number of guanidine groups is 1. The molecule has 1 aliphatic rings. The van der Waals surface area contributed by atoms with Crippen molar-refractivity contribution >= 4 is 15.0 Å². The summed E-state index contributed by atoms with van der Waals surface area (Å²) in [4.78, 5) is 2.10. The van der Waals surface area contributed by atoms with E-state index in [1.807, 2.05) is 14.1 Å². The maximum atomic E-state index is 3.92. The third kappa shape index (κ3) is 2.58. The molecular formula is C7H19N3P+. The van der Waals surface area contributed by atoms with E-state index in [-0.39, 0.29) is 14.9 Å². The highest BCUT2D eigenvalue weighted by Crippen LogP contribution is 1.98. The highest BCUT2D eigenvalue weighted by atomic mass is 31.0. The van der Waals surface area contributed by atoms with Crippen LogP contribution in [-0.2, 0) is 0 Å². The minimum atomic E-state index is 0. The first-order valence-corrected chi connectivity index (χ1v) is 3.37. The summed E-state index contributed by atoms with van der Waals surface area (Å²) in [6.07, 6.45) is 0. The number of likely N-dealkylation sites (N-methyl/N-ethyl adjacent to an activating group) is 2. The van der Waals surface area contributed by atoms with Crippen LogP contribution in [0, 0.1) is 0 Å². The molecule has 0 aromatic heterocycles. The molecule has 0 fully saturated rings. The van der Waals surface area contributed by atoms with Crippen LogP contribution in [0.4, 0.5) is 0 Å². The van der Waals surface area contributed by atoms with Crippen LogP contribution in [0.3, 0.4) is 0 Å². The summed E-state index contributed by atoms with van der Waals surface area (Å²) in [6.45, 7) is 2.14. The summed E-state index contributed by atoms with van der Waals surface area (Å²) in [6, 6.07) is 0. The maximum Gasteiger partial charge on any atom is 0.392 e. The van der Waals surface area contributed by atoms with Crippen LogP contribution in [0.1, 0.15) is 14.9 Å². The van der Waals surface area contributed by atoms with Crippen molar-refractivity contribution in [1.82, 2.24) is 4.90 Å². The van der Waals surface area contributed by atoms with Gasteiger partial charge in [0.05, 0.1) is 36.2 Å². The molecule has 66 valence electrons. The second-order valence-corrected chi connectivity index (χ2v) is 2.48. The third-order valence-corrected chi connectivity index (χ3v) is 1.75. The summed E-state index contributed by atoms with van der Waals surface area (Å²) in [5, 5.41) is 0. The van der Waals surface area contributed by atoms with Gasteiger partial charge in [0.15, 0.2) is 0 Å². The monoisotopic (exact) mass is 176 g/mol. The molecule has 0 atom stereocenters. The highest BCUT2D eigenvalue weighted by molar-refractivity contribution is 7.04. The van der Waals surface area contributed by atoms with Gasteiger partial charge in [0, 0.05) is 0 Å². The fourth-order valence-corrected chi connectivity index (χ4v) is 1.30. The summed E-state index contributed by atoms with van der Waals surface area (Å²) < 4.78 is 6.03. The number of rotatable bonds is 0. The smallest absolute Gasteiger partial charge is 0.261 e. The fourth-order valence-electron chi connectivity index (χ4n) is 0.962. The summed E-state index contributed by atoms with van der Waals surface area (Å²) >= 11 is 0. The van der Waals surface area contributed by atoms with Crippen molar-refractivity contribution in [3.63, 3.8) is 0 Å². The molecule has 0 bridgehead atoms. The quantitative estimate of drug-likeness (QED) is 0.404. The van der Waals surface area contributed by atoms with E-state index in [2.05, 4.69) is 23.3 Å². The highest BCUT2D eigenvalue weighted by Gasteiger charge is 2.22. The second kappa shape index (κ2) is 5.25. The lowest BCUT2D eigenvalue weighted by Gasteiger charge is -1.98. The predicted octanol–water partition coefficient (Wildman–Crippen LogP) is 1.53. The molecule has 0 saturated carbocycles. The van der Waals surface area contributed by atoms with Crippen molar-refractivity contribution in [2.45, 2.75) is 14.9 Å². The Labute approximate surface area is 72.0 Å². The molecule has 0 aliphatic carbocycles. The van der Waals surface area contributed by atoms with Crippen molar-refractivity contribution in [2.24, 2.45) is 4.74 Å². The van der Waals surface area contributed by atoms with Gasteiger partial charge in [0.1, 0.15) is 0 Å². The van der Waals surface area contributed by atoms with Gasteiger partial charge in [-0.1, -0.05) is 19.6 Å². The van der Waals surface area contributed by atoms with Crippen LogP contribution in [-0.4, -0.2) is 42.6 Å². The number of nitrogens with zero attached hydrogens (tertiary/aromatic N) is 3. The van der Waals surface area contributed by atoms with Gasteiger partial charge in [-0.25, -0.2) is 0 Å². The Bertz CT molecular complexity index is 165. The molecule has 0 aromatic carbocycles. The van der Waals surface area contributed by atoms with Crippen LogP contribution in [0.5, 0.6) is 0 Å². The predicted molar refractivity (Wildman–Crippen MR) is 52.9 cm³/mol. The largest absolute Gasteiger partial charge is 0.392 e. The molecule has 1 aliphatic heterocycles. The zero-order valence-corrected chi connectivity index (χ0v) is 6.76. The van der Waals surface area contributed by atoms with E-state index in [4.69, 9.17) is 0 Å². The Balaban J connectivity index is 0. The molecule has 0 amide bonds. The Hall–Kier alpha value is -0.430. The van der Waals surface area contributed by atoms with E-state index in [1.54, 1.807) is 0 Å². The van der Waals surface area contributed by atoms with E-state index >= 15 is 0 Å². The zero-order chi connectivity index (χ0) is 6.85. The van der Waals surface area contributed by atoms with Gasteiger partial charge in [-0.15, -0.1) is 0 Å². The van der Waals surface area contributed by atoms with Gasteiger partial charge in [0.25, 0.3) is 0 Å². The average Bonchev–Trinajstić information content (AvgIpc) is 2.12. The van der Waals surface area contributed by atoms with Crippen LogP contribution < -0.4 is 0 Å². The fraction of sp³-hybridized carbons (Fsp3) is 0.857. The van der Waals surface area contributed by atoms with E-state index in [1.165, 1.54) is 0 Å². The summed E-state index contributed by atoms with van der Waals surface area (Å²) in [5.74, 6) is 1.01. The molecule has 3 nitrogen and oxygen atoms in total. The molecule has 0 unspecified atom stereocenters. The number of hydrogen-bond acceptors (Lipinski definition) is 2. The van der Waals surface area contributed by atoms with Gasteiger partial charge < -0.3 is 0 Å². The van der Waals surface area contributed by atoms with Crippen molar-refractivity contribution in [3.8, 4) is 0 Å². The molecule has 1 heterocycles. The molecule has 0 saturated heterocycles. The van der Waals surface area contributed by atoms with Crippen molar-refractivity contribution < 1.29 is 4.58 Å². The first-order chi connectivity index (χ1) is 4.25. The summed E-state index contributed by atoms with van der Waals surface area (Å²) in [5.41, 5.74) is 0. The standard InChI is InChI=1S/C5H11N3P.2CH4/c1-7-3-4-8(2)5(7)6-9;;/h9H,3-4H2,1-2H3;2*1H4/q+1;;. The van der Waals surface area contributed by atoms with Crippen molar-refractivity contribution in [3.05, 3.63) is 0 Å². The first kappa shape index (κ1) is 13.2. The van der Waals surface area contributed by atoms with Gasteiger partial charge in [-0.2, -0.15) is 0 Å². The zero-order valence-electron chi connectivity index (χ0n) is 5.76. The Morgan fingerprint density at radius 1 is 1.55 bits per heavy atom. The molecular weight excluding hydrogens is 157 g/mol. The second-order valence-electron chi connectivity index (χ2n) is 2.25. The van der Waals surface area contributed by atoms with Crippen LogP contribution in [0.25, 0.3) is 0 Å². The van der Waals surface area contributed by atoms with E-state index in [0.29, 0.717) is 0 Å². The Kier molecular flexibility index (Phi) is 6.29. The first-order valence-electron chi connectivity index (χ1n) is 2.92. The van der Waals surface area contributed by atoms with Gasteiger partial charge in [0.2, 0.25) is 0 Å². The lowest BCUT2D eigenvalue weighted by molar-refractivity contribution is -0.487. The van der Waals surface area contributed by atoms with E-state index in [0.717, 1.165) is 19.0 Å².